The quantitative estimate of drug-likeness (QED) is 0.919. The summed E-state index contributed by atoms with van der Waals surface area (Å²) in [7, 11) is 0. The van der Waals surface area contributed by atoms with Crippen molar-refractivity contribution in [2.24, 2.45) is 0 Å². The molecule has 3 nitrogen and oxygen atoms in total. The topological polar surface area (TPSA) is 38.1 Å². The highest BCUT2D eigenvalue weighted by Gasteiger charge is 2.16. The van der Waals surface area contributed by atoms with E-state index in [-0.39, 0.29) is 6.04 Å². The van der Waals surface area contributed by atoms with Crippen LogP contribution in [0.25, 0.3) is 0 Å². The fraction of sp³-hybridized carbons (Fsp3) is 0.308. The van der Waals surface area contributed by atoms with Crippen LogP contribution in [0.4, 0.5) is 0 Å². The molecule has 1 unspecified atom stereocenters. The first-order valence-corrected chi connectivity index (χ1v) is 6.45. The summed E-state index contributed by atoms with van der Waals surface area (Å²) in [6.07, 6.45) is 6.30. The number of rotatable bonds is 5. The minimum atomic E-state index is 0.248. The van der Waals surface area contributed by atoms with Gasteiger partial charge in [0.1, 0.15) is 0 Å². The van der Waals surface area contributed by atoms with Crippen LogP contribution in [0.1, 0.15) is 24.1 Å². The van der Waals surface area contributed by atoms with E-state index >= 15 is 0 Å². The van der Waals surface area contributed by atoms with Gasteiger partial charge >= 0.3 is 0 Å². The molecule has 0 radical (unpaired) electrons. The van der Waals surface area contributed by atoms with E-state index in [1.165, 1.54) is 5.56 Å². The van der Waals surface area contributed by atoms with Crippen LogP contribution >= 0.6 is 15.9 Å². The summed E-state index contributed by atoms with van der Waals surface area (Å²) in [5, 5.41) is 3.46. The number of hydrogen-bond donors (Lipinski definition) is 1. The number of aromatic nitrogens is 1. The zero-order valence-electron chi connectivity index (χ0n) is 9.69. The summed E-state index contributed by atoms with van der Waals surface area (Å²) in [4.78, 5) is 4.14. The van der Waals surface area contributed by atoms with Gasteiger partial charge in [0, 0.05) is 24.0 Å². The van der Waals surface area contributed by atoms with Crippen LogP contribution in [-0.2, 0) is 6.42 Å². The van der Waals surface area contributed by atoms with Gasteiger partial charge in [-0.25, -0.2) is 0 Å². The van der Waals surface area contributed by atoms with Gasteiger partial charge in [0.2, 0.25) is 0 Å². The highest BCUT2D eigenvalue weighted by Crippen LogP contribution is 2.26. The molecule has 0 aromatic carbocycles. The lowest BCUT2D eigenvalue weighted by atomic mass is 10.0. The van der Waals surface area contributed by atoms with Gasteiger partial charge in [-0.05, 0) is 46.6 Å². The average Bonchev–Trinajstić information content (AvgIpc) is 2.76. The lowest BCUT2D eigenvalue weighted by Gasteiger charge is -2.16. The second-order valence-corrected chi connectivity index (χ2v) is 4.55. The van der Waals surface area contributed by atoms with E-state index in [4.69, 9.17) is 4.42 Å². The smallest absolute Gasteiger partial charge is 0.173 e. The van der Waals surface area contributed by atoms with Gasteiger partial charge in [-0.2, -0.15) is 0 Å². The lowest BCUT2D eigenvalue weighted by Crippen LogP contribution is -2.22. The SMILES string of the molecule is CCNC(Cc1cccnc1)c1ccoc1Br. The van der Waals surface area contributed by atoms with E-state index in [2.05, 4.69) is 39.2 Å². The Morgan fingerprint density at radius 2 is 2.35 bits per heavy atom. The summed E-state index contributed by atoms with van der Waals surface area (Å²) in [5.74, 6) is 0. The van der Waals surface area contributed by atoms with Crippen LogP contribution in [0, 0.1) is 0 Å². The van der Waals surface area contributed by atoms with Gasteiger partial charge in [-0.3, -0.25) is 4.98 Å². The first kappa shape index (κ1) is 12.3. The van der Waals surface area contributed by atoms with E-state index in [9.17, 15) is 0 Å². The molecule has 0 amide bonds. The molecule has 0 saturated heterocycles. The van der Waals surface area contributed by atoms with Crippen molar-refractivity contribution in [1.82, 2.24) is 10.3 Å². The maximum atomic E-state index is 5.29. The van der Waals surface area contributed by atoms with Crippen molar-refractivity contribution in [3.8, 4) is 0 Å². The third-order valence-corrected chi connectivity index (χ3v) is 3.28. The summed E-state index contributed by atoms with van der Waals surface area (Å²) < 4.78 is 6.09. The highest BCUT2D eigenvalue weighted by atomic mass is 79.9. The lowest BCUT2D eigenvalue weighted by molar-refractivity contribution is 0.506. The maximum absolute atomic E-state index is 5.29. The fourth-order valence-corrected chi connectivity index (χ4v) is 2.36. The van der Waals surface area contributed by atoms with Gasteiger partial charge < -0.3 is 9.73 Å². The Bertz CT molecular complexity index is 455. The normalized spacial score (nSPS) is 12.6. The molecule has 0 fully saturated rings. The van der Waals surface area contributed by atoms with E-state index in [1.54, 1.807) is 12.5 Å². The summed E-state index contributed by atoms with van der Waals surface area (Å²) in [5.41, 5.74) is 2.36. The molecule has 2 aromatic heterocycles. The molecule has 1 atom stereocenters. The van der Waals surface area contributed by atoms with E-state index in [0.29, 0.717) is 0 Å². The molecular weight excluding hydrogens is 280 g/mol. The number of hydrogen-bond acceptors (Lipinski definition) is 3. The summed E-state index contributed by atoms with van der Waals surface area (Å²) in [6.45, 7) is 3.02. The third kappa shape index (κ3) is 3.17. The van der Waals surface area contributed by atoms with Crippen molar-refractivity contribution in [1.29, 1.82) is 0 Å². The molecular formula is C13H15BrN2O. The Balaban J connectivity index is 2.16. The zero-order chi connectivity index (χ0) is 12.1. The van der Waals surface area contributed by atoms with Crippen molar-refractivity contribution >= 4 is 15.9 Å². The van der Waals surface area contributed by atoms with E-state index < -0.39 is 0 Å². The Labute approximate surface area is 109 Å². The molecule has 0 saturated carbocycles. The predicted octanol–water partition coefficient (Wildman–Crippen LogP) is 3.33. The molecule has 0 aliphatic rings. The largest absolute Gasteiger partial charge is 0.457 e. The predicted molar refractivity (Wildman–Crippen MR) is 70.8 cm³/mol. The van der Waals surface area contributed by atoms with Crippen LogP contribution in [0.5, 0.6) is 0 Å². The van der Waals surface area contributed by atoms with Gasteiger partial charge in [0.15, 0.2) is 4.67 Å². The zero-order valence-corrected chi connectivity index (χ0v) is 11.3. The molecule has 0 spiro atoms. The molecule has 1 N–H and O–H groups in total. The monoisotopic (exact) mass is 294 g/mol. The number of halogens is 1. The number of likely N-dealkylation sites (N-methyl/N-ethyl adjacent to an activating group) is 1. The minimum absolute atomic E-state index is 0.248. The fourth-order valence-electron chi connectivity index (χ4n) is 1.85. The van der Waals surface area contributed by atoms with Crippen LogP contribution in [0.15, 0.2) is 45.9 Å². The second-order valence-electron chi connectivity index (χ2n) is 3.83. The first-order chi connectivity index (χ1) is 8.31. The van der Waals surface area contributed by atoms with E-state index in [0.717, 1.165) is 23.2 Å². The first-order valence-electron chi connectivity index (χ1n) is 5.66. The van der Waals surface area contributed by atoms with Gasteiger partial charge in [0.05, 0.1) is 6.26 Å². The van der Waals surface area contributed by atoms with Crippen molar-refractivity contribution < 1.29 is 4.42 Å². The average molecular weight is 295 g/mol. The summed E-state index contributed by atoms with van der Waals surface area (Å²) in [6, 6.07) is 6.29. The van der Waals surface area contributed by atoms with Crippen LogP contribution in [0.2, 0.25) is 0 Å². The van der Waals surface area contributed by atoms with Crippen LogP contribution < -0.4 is 5.32 Å². The maximum Gasteiger partial charge on any atom is 0.173 e. The number of pyridine rings is 1. The molecule has 2 rings (SSSR count). The number of furan rings is 1. The number of nitrogens with one attached hydrogen (secondary N) is 1. The molecule has 0 bridgehead atoms. The molecule has 2 aromatic rings. The molecule has 2 heterocycles. The van der Waals surface area contributed by atoms with Crippen molar-refractivity contribution in [3.05, 3.63) is 52.7 Å². The standard InChI is InChI=1S/C13H15BrN2O/c1-2-16-12(11-5-7-17-13(11)14)8-10-4-3-6-15-9-10/h3-7,9,12,16H,2,8H2,1H3. The van der Waals surface area contributed by atoms with Crippen molar-refractivity contribution in [2.45, 2.75) is 19.4 Å². The Morgan fingerprint density at radius 1 is 1.47 bits per heavy atom. The minimum Gasteiger partial charge on any atom is -0.457 e. The molecule has 90 valence electrons. The summed E-state index contributed by atoms with van der Waals surface area (Å²) >= 11 is 3.43. The van der Waals surface area contributed by atoms with Crippen molar-refractivity contribution in [3.63, 3.8) is 0 Å². The molecule has 4 heteroatoms. The van der Waals surface area contributed by atoms with Gasteiger partial charge in [0.25, 0.3) is 0 Å². The van der Waals surface area contributed by atoms with Gasteiger partial charge in [-0.15, -0.1) is 0 Å². The van der Waals surface area contributed by atoms with Crippen LogP contribution in [0.3, 0.4) is 0 Å². The Hall–Kier alpha value is -1.13. The second kappa shape index (κ2) is 5.98. The van der Waals surface area contributed by atoms with E-state index in [1.807, 2.05) is 18.3 Å². The third-order valence-electron chi connectivity index (χ3n) is 2.63. The Kier molecular flexibility index (Phi) is 4.34. The Morgan fingerprint density at radius 3 is 2.94 bits per heavy atom. The molecule has 0 aliphatic heterocycles. The molecule has 17 heavy (non-hydrogen) atoms. The molecule has 0 aliphatic carbocycles. The van der Waals surface area contributed by atoms with Crippen LogP contribution in [-0.4, -0.2) is 11.5 Å². The van der Waals surface area contributed by atoms with Crippen molar-refractivity contribution in [2.75, 3.05) is 6.54 Å². The highest BCUT2D eigenvalue weighted by molar-refractivity contribution is 9.10. The number of nitrogens with zero attached hydrogens (tertiary/aromatic N) is 1. The van der Waals surface area contributed by atoms with Gasteiger partial charge in [-0.1, -0.05) is 13.0 Å².